The molecule has 0 saturated heterocycles. The standard InChI is InChI=1S/C24H24F2N2O3S/c1-17(19-7-4-3-5-8-19)15-27-24(29)20-13-11-18(12-14-20)16-28(32(2,30)31)23-21(25)9-6-10-22(23)26/h3-14,17H,15-16H2,1-2H3,(H,27,29)/t17-/m1/s1. The summed E-state index contributed by atoms with van der Waals surface area (Å²) < 4.78 is 53.4. The van der Waals surface area contributed by atoms with Crippen LogP contribution < -0.4 is 9.62 Å². The van der Waals surface area contributed by atoms with Crippen LogP contribution in [0, 0.1) is 11.6 Å². The Labute approximate surface area is 186 Å². The zero-order chi connectivity index (χ0) is 23.3. The monoisotopic (exact) mass is 458 g/mol. The van der Waals surface area contributed by atoms with Crippen molar-refractivity contribution in [2.75, 3.05) is 17.1 Å². The maximum Gasteiger partial charge on any atom is 0.251 e. The van der Waals surface area contributed by atoms with Gasteiger partial charge in [0.25, 0.3) is 5.91 Å². The van der Waals surface area contributed by atoms with Gasteiger partial charge in [-0.05, 0) is 41.3 Å². The molecule has 168 valence electrons. The largest absolute Gasteiger partial charge is 0.351 e. The van der Waals surface area contributed by atoms with E-state index in [9.17, 15) is 22.0 Å². The number of amides is 1. The molecule has 3 rings (SSSR count). The fraction of sp³-hybridized carbons (Fsp3) is 0.208. The van der Waals surface area contributed by atoms with Crippen LogP contribution in [0.1, 0.15) is 34.3 Å². The minimum absolute atomic E-state index is 0.137. The Morgan fingerprint density at radius 1 is 0.938 bits per heavy atom. The quantitative estimate of drug-likeness (QED) is 0.542. The predicted molar refractivity (Wildman–Crippen MR) is 121 cm³/mol. The van der Waals surface area contributed by atoms with Gasteiger partial charge >= 0.3 is 0 Å². The molecule has 1 N–H and O–H groups in total. The molecule has 8 heteroatoms. The van der Waals surface area contributed by atoms with Crippen molar-refractivity contribution < 1.29 is 22.0 Å². The first-order valence-corrected chi connectivity index (χ1v) is 11.9. The molecule has 0 aliphatic heterocycles. The van der Waals surface area contributed by atoms with Gasteiger partial charge in [0, 0.05) is 12.1 Å². The van der Waals surface area contributed by atoms with Crippen LogP contribution in [-0.2, 0) is 16.6 Å². The van der Waals surface area contributed by atoms with E-state index in [0.29, 0.717) is 22.0 Å². The second-order valence-corrected chi connectivity index (χ2v) is 9.47. The van der Waals surface area contributed by atoms with Crippen LogP contribution >= 0.6 is 0 Å². The lowest BCUT2D eigenvalue weighted by atomic mass is 10.0. The Kier molecular flexibility index (Phi) is 7.25. The lowest BCUT2D eigenvalue weighted by molar-refractivity contribution is 0.0951. The number of benzene rings is 3. The maximum atomic E-state index is 14.2. The molecule has 0 aliphatic carbocycles. The molecular formula is C24H24F2N2O3S. The Bertz CT molecular complexity index is 1160. The molecule has 0 aliphatic rings. The lowest BCUT2D eigenvalue weighted by Crippen LogP contribution is -2.31. The van der Waals surface area contributed by atoms with Crippen molar-refractivity contribution in [3.05, 3.63) is 101 Å². The zero-order valence-corrected chi connectivity index (χ0v) is 18.6. The molecule has 1 amide bonds. The van der Waals surface area contributed by atoms with Crippen molar-refractivity contribution in [3.8, 4) is 0 Å². The Morgan fingerprint density at radius 2 is 1.53 bits per heavy atom. The normalized spacial score (nSPS) is 12.2. The molecule has 1 atom stereocenters. The Morgan fingerprint density at radius 3 is 2.09 bits per heavy atom. The second kappa shape index (κ2) is 9.91. The van der Waals surface area contributed by atoms with Crippen molar-refractivity contribution >= 4 is 21.6 Å². The number of para-hydroxylation sites is 1. The van der Waals surface area contributed by atoms with E-state index < -0.39 is 27.3 Å². The van der Waals surface area contributed by atoms with E-state index in [0.717, 1.165) is 24.0 Å². The molecule has 0 fully saturated rings. The van der Waals surface area contributed by atoms with Gasteiger partial charge in [0.1, 0.15) is 5.69 Å². The number of rotatable bonds is 8. The summed E-state index contributed by atoms with van der Waals surface area (Å²) in [5, 5.41) is 2.88. The minimum atomic E-state index is -3.96. The number of halogens is 2. The summed E-state index contributed by atoms with van der Waals surface area (Å²) >= 11 is 0. The molecule has 0 spiro atoms. The summed E-state index contributed by atoms with van der Waals surface area (Å²) in [6, 6.07) is 19.2. The summed E-state index contributed by atoms with van der Waals surface area (Å²) in [6.07, 6.45) is 0.884. The molecule has 32 heavy (non-hydrogen) atoms. The highest BCUT2D eigenvalue weighted by Crippen LogP contribution is 2.27. The van der Waals surface area contributed by atoms with Crippen LogP contribution in [0.15, 0.2) is 72.8 Å². The number of carbonyl (C=O) groups is 1. The van der Waals surface area contributed by atoms with Gasteiger partial charge in [0.05, 0.1) is 12.8 Å². The third-order valence-electron chi connectivity index (χ3n) is 5.07. The smallest absolute Gasteiger partial charge is 0.251 e. The average molecular weight is 459 g/mol. The van der Waals surface area contributed by atoms with Crippen LogP contribution in [0.3, 0.4) is 0 Å². The molecule has 0 heterocycles. The van der Waals surface area contributed by atoms with Gasteiger partial charge in [0.2, 0.25) is 10.0 Å². The van der Waals surface area contributed by atoms with Crippen molar-refractivity contribution in [1.29, 1.82) is 0 Å². The fourth-order valence-electron chi connectivity index (χ4n) is 3.26. The van der Waals surface area contributed by atoms with E-state index >= 15 is 0 Å². The van der Waals surface area contributed by atoms with Crippen molar-refractivity contribution in [1.82, 2.24) is 5.32 Å². The van der Waals surface area contributed by atoms with Gasteiger partial charge in [-0.2, -0.15) is 0 Å². The topological polar surface area (TPSA) is 66.5 Å². The highest BCUT2D eigenvalue weighted by molar-refractivity contribution is 7.92. The molecule has 3 aromatic carbocycles. The van der Waals surface area contributed by atoms with E-state index in [1.807, 2.05) is 37.3 Å². The van der Waals surface area contributed by atoms with Crippen LogP contribution in [0.5, 0.6) is 0 Å². The Hall–Kier alpha value is -3.26. The summed E-state index contributed by atoms with van der Waals surface area (Å²) in [7, 11) is -3.96. The average Bonchev–Trinajstić information content (AvgIpc) is 2.76. The summed E-state index contributed by atoms with van der Waals surface area (Å²) in [4.78, 5) is 12.5. The summed E-state index contributed by atoms with van der Waals surface area (Å²) in [5.41, 5.74) is 1.36. The maximum absolute atomic E-state index is 14.2. The van der Waals surface area contributed by atoms with E-state index in [1.165, 1.54) is 6.07 Å². The SMILES string of the molecule is C[C@H](CNC(=O)c1ccc(CN(c2c(F)cccc2F)S(C)(=O)=O)cc1)c1ccccc1. The van der Waals surface area contributed by atoms with E-state index in [-0.39, 0.29) is 18.4 Å². The van der Waals surface area contributed by atoms with E-state index in [2.05, 4.69) is 5.32 Å². The van der Waals surface area contributed by atoms with Crippen molar-refractivity contribution in [2.24, 2.45) is 0 Å². The predicted octanol–water partition coefficient (Wildman–Crippen LogP) is 4.46. The number of carbonyl (C=O) groups excluding carboxylic acids is 1. The highest BCUT2D eigenvalue weighted by Gasteiger charge is 2.24. The molecular weight excluding hydrogens is 434 g/mol. The Balaban J connectivity index is 1.71. The molecule has 0 unspecified atom stereocenters. The third kappa shape index (κ3) is 5.70. The molecule has 0 aromatic heterocycles. The molecule has 0 bridgehead atoms. The first-order chi connectivity index (χ1) is 15.2. The van der Waals surface area contributed by atoms with Gasteiger partial charge in [-0.3, -0.25) is 9.10 Å². The number of nitrogens with one attached hydrogen (secondary N) is 1. The molecule has 5 nitrogen and oxygen atoms in total. The number of sulfonamides is 1. The minimum Gasteiger partial charge on any atom is -0.351 e. The summed E-state index contributed by atoms with van der Waals surface area (Å²) in [5.74, 6) is -2.07. The number of hydrogen-bond acceptors (Lipinski definition) is 3. The molecule has 0 saturated carbocycles. The number of anilines is 1. The van der Waals surface area contributed by atoms with Gasteiger partial charge in [-0.25, -0.2) is 17.2 Å². The number of hydrogen-bond donors (Lipinski definition) is 1. The highest BCUT2D eigenvalue weighted by atomic mass is 32.2. The van der Waals surface area contributed by atoms with Gasteiger partial charge in [-0.1, -0.05) is 55.5 Å². The van der Waals surface area contributed by atoms with Crippen LogP contribution in [-0.4, -0.2) is 27.1 Å². The fourth-order valence-corrected chi connectivity index (χ4v) is 4.15. The van der Waals surface area contributed by atoms with Crippen molar-refractivity contribution in [2.45, 2.75) is 19.4 Å². The summed E-state index contributed by atoms with van der Waals surface area (Å²) in [6.45, 7) is 2.20. The first kappa shape index (κ1) is 23.4. The van der Waals surface area contributed by atoms with E-state index in [1.54, 1.807) is 24.3 Å². The third-order valence-corrected chi connectivity index (χ3v) is 6.18. The second-order valence-electron chi connectivity index (χ2n) is 7.56. The van der Waals surface area contributed by atoms with E-state index in [4.69, 9.17) is 0 Å². The zero-order valence-electron chi connectivity index (χ0n) is 17.8. The van der Waals surface area contributed by atoms with Crippen LogP contribution in [0.25, 0.3) is 0 Å². The molecule has 3 aromatic rings. The number of nitrogens with zero attached hydrogens (tertiary/aromatic N) is 1. The van der Waals surface area contributed by atoms with Crippen LogP contribution in [0.2, 0.25) is 0 Å². The molecule has 0 radical (unpaired) electrons. The van der Waals surface area contributed by atoms with Gasteiger partial charge in [0.15, 0.2) is 11.6 Å². The van der Waals surface area contributed by atoms with Gasteiger partial charge in [-0.15, -0.1) is 0 Å². The van der Waals surface area contributed by atoms with Crippen LogP contribution in [0.4, 0.5) is 14.5 Å². The first-order valence-electron chi connectivity index (χ1n) is 10.0. The van der Waals surface area contributed by atoms with Crippen molar-refractivity contribution in [3.63, 3.8) is 0 Å². The lowest BCUT2D eigenvalue weighted by Gasteiger charge is -2.23. The van der Waals surface area contributed by atoms with Gasteiger partial charge < -0.3 is 5.32 Å².